The van der Waals surface area contributed by atoms with Gasteiger partial charge in [0.05, 0.1) is 6.07 Å². The van der Waals surface area contributed by atoms with Crippen LogP contribution in [0.3, 0.4) is 0 Å². The van der Waals surface area contributed by atoms with Crippen LogP contribution >= 0.6 is 0 Å². The van der Waals surface area contributed by atoms with Gasteiger partial charge in [-0.1, -0.05) is 12.1 Å². The topological polar surface area (TPSA) is 105 Å². The molecule has 6 heteroatoms. The second kappa shape index (κ2) is 7.71. The molecule has 19 heavy (non-hydrogen) atoms. The van der Waals surface area contributed by atoms with E-state index < -0.39 is 11.9 Å². The summed E-state index contributed by atoms with van der Waals surface area (Å²) in [5.74, 6) is -0.951. The number of amides is 1. The first kappa shape index (κ1) is 14.5. The van der Waals surface area contributed by atoms with Crippen LogP contribution in [0.4, 0.5) is 5.69 Å². The summed E-state index contributed by atoms with van der Waals surface area (Å²) in [6, 6.07) is 8.98. The van der Waals surface area contributed by atoms with Gasteiger partial charge in [0.2, 0.25) is 0 Å². The molecule has 0 aliphatic carbocycles. The number of nitrogens with zero attached hydrogens (tertiary/aromatic N) is 1. The SMILES string of the molecule is N#CCNC(=O)COC(=O)CCc1cccc(N)c1. The van der Waals surface area contributed by atoms with Crippen molar-refractivity contribution in [3.63, 3.8) is 0 Å². The van der Waals surface area contributed by atoms with Crippen LogP contribution in [0.5, 0.6) is 0 Å². The largest absolute Gasteiger partial charge is 0.456 e. The third-order valence-electron chi connectivity index (χ3n) is 2.30. The number of nitrogens with two attached hydrogens (primary N) is 1. The van der Waals surface area contributed by atoms with Crippen LogP contribution in [-0.4, -0.2) is 25.0 Å². The Bertz CT molecular complexity index is 494. The van der Waals surface area contributed by atoms with E-state index >= 15 is 0 Å². The van der Waals surface area contributed by atoms with Gasteiger partial charge in [-0.25, -0.2) is 0 Å². The Balaban J connectivity index is 2.25. The Morgan fingerprint density at radius 3 is 2.89 bits per heavy atom. The molecule has 1 amide bonds. The number of hydrogen-bond donors (Lipinski definition) is 2. The van der Waals surface area contributed by atoms with Gasteiger partial charge in [-0.3, -0.25) is 9.59 Å². The molecule has 6 nitrogen and oxygen atoms in total. The van der Waals surface area contributed by atoms with E-state index in [1.807, 2.05) is 12.1 Å². The van der Waals surface area contributed by atoms with E-state index in [4.69, 9.17) is 15.7 Å². The minimum absolute atomic E-state index is 0.0975. The van der Waals surface area contributed by atoms with Gasteiger partial charge in [-0.2, -0.15) is 5.26 Å². The quantitative estimate of drug-likeness (QED) is 0.437. The normalized spacial score (nSPS) is 9.42. The highest BCUT2D eigenvalue weighted by Crippen LogP contribution is 2.08. The Morgan fingerprint density at radius 2 is 2.21 bits per heavy atom. The molecule has 0 saturated heterocycles. The van der Waals surface area contributed by atoms with Gasteiger partial charge in [0, 0.05) is 12.1 Å². The van der Waals surface area contributed by atoms with Crippen LogP contribution in [0.15, 0.2) is 24.3 Å². The first-order chi connectivity index (χ1) is 9.11. The summed E-state index contributed by atoms with van der Waals surface area (Å²) in [5.41, 5.74) is 7.19. The maximum absolute atomic E-state index is 11.4. The van der Waals surface area contributed by atoms with Gasteiger partial charge >= 0.3 is 5.97 Å². The lowest BCUT2D eigenvalue weighted by molar-refractivity contribution is -0.148. The molecule has 0 bridgehead atoms. The number of carbonyl (C=O) groups is 2. The second-order valence-electron chi connectivity index (χ2n) is 3.84. The monoisotopic (exact) mass is 261 g/mol. The van der Waals surface area contributed by atoms with Crippen molar-refractivity contribution >= 4 is 17.6 Å². The summed E-state index contributed by atoms with van der Waals surface area (Å²) in [6.07, 6.45) is 0.679. The molecule has 0 radical (unpaired) electrons. The molecular formula is C13H15N3O3. The van der Waals surface area contributed by atoms with Crippen molar-refractivity contribution in [1.82, 2.24) is 5.32 Å². The van der Waals surface area contributed by atoms with E-state index in [0.29, 0.717) is 12.1 Å². The summed E-state index contributed by atoms with van der Waals surface area (Å²) in [4.78, 5) is 22.5. The molecule has 0 saturated carbocycles. The van der Waals surface area contributed by atoms with Crippen LogP contribution in [0.25, 0.3) is 0 Å². The van der Waals surface area contributed by atoms with Crippen molar-refractivity contribution in [2.45, 2.75) is 12.8 Å². The molecule has 0 unspecified atom stereocenters. The smallest absolute Gasteiger partial charge is 0.306 e. The number of anilines is 1. The molecule has 0 heterocycles. The van der Waals surface area contributed by atoms with Gasteiger partial charge < -0.3 is 15.8 Å². The van der Waals surface area contributed by atoms with Gasteiger partial charge in [-0.15, -0.1) is 0 Å². The third kappa shape index (κ3) is 6.07. The maximum atomic E-state index is 11.4. The van der Waals surface area contributed by atoms with E-state index in [1.165, 1.54) is 0 Å². The summed E-state index contributed by atoms with van der Waals surface area (Å²) in [5, 5.41) is 10.5. The fourth-order valence-electron chi connectivity index (χ4n) is 1.40. The Morgan fingerprint density at radius 1 is 1.42 bits per heavy atom. The van der Waals surface area contributed by atoms with Gasteiger partial charge in [-0.05, 0) is 24.1 Å². The third-order valence-corrected chi connectivity index (χ3v) is 2.30. The highest BCUT2D eigenvalue weighted by atomic mass is 16.5. The summed E-state index contributed by atoms with van der Waals surface area (Å²) in [6.45, 7) is -0.461. The van der Waals surface area contributed by atoms with Crippen LogP contribution < -0.4 is 11.1 Å². The van der Waals surface area contributed by atoms with Gasteiger partial charge in [0.1, 0.15) is 6.54 Å². The Hall–Kier alpha value is -2.55. The number of ether oxygens (including phenoxy) is 1. The number of nitrogens with one attached hydrogen (secondary N) is 1. The zero-order valence-corrected chi connectivity index (χ0v) is 10.4. The summed E-state index contributed by atoms with van der Waals surface area (Å²) < 4.78 is 4.76. The lowest BCUT2D eigenvalue weighted by Crippen LogP contribution is -2.29. The maximum Gasteiger partial charge on any atom is 0.306 e. The number of esters is 1. The second-order valence-corrected chi connectivity index (χ2v) is 3.84. The number of carbonyl (C=O) groups excluding carboxylic acids is 2. The number of nitrogen functional groups attached to an aromatic ring is 1. The van der Waals surface area contributed by atoms with E-state index in [-0.39, 0.29) is 19.6 Å². The number of aryl methyl sites for hydroxylation is 1. The number of benzene rings is 1. The minimum atomic E-state index is -0.487. The van der Waals surface area contributed by atoms with E-state index in [9.17, 15) is 9.59 Å². The van der Waals surface area contributed by atoms with Crippen LogP contribution in [0, 0.1) is 11.3 Å². The van der Waals surface area contributed by atoms with E-state index in [2.05, 4.69) is 5.32 Å². The van der Waals surface area contributed by atoms with Crippen molar-refractivity contribution in [3.8, 4) is 6.07 Å². The van der Waals surface area contributed by atoms with Gasteiger partial charge in [0.15, 0.2) is 6.61 Å². The molecule has 3 N–H and O–H groups in total. The molecule has 0 atom stereocenters. The molecule has 0 aliphatic heterocycles. The van der Waals surface area contributed by atoms with Crippen LogP contribution in [0.1, 0.15) is 12.0 Å². The lowest BCUT2D eigenvalue weighted by atomic mass is 10.1. The van der Waals surface area contributed by atoms with E-state index in [1.54, 1.807) is 18.2 Å². The standard InChI is InChI=1S/C13H15N3O3/c14-6-7-16-12(17)9-19-13(18)5-4-10-2-1-3-11(15)8-10/h1-3,8H,4-5,7,9,15H2,(H,16,17). The van der Waals surface area contributed by atoms with Gasteiger partial charge in [0.25, 0.3) is 5.91 Å². The minimum Gasteiger partial charge on any atom is -0.456 e. The first-order valence-corrected chi connectivity index (χ1v) is 5.75. The fraction of sp³-hybridized carbons (Fsp3) is 0.308. The van der Waals surface area contributed by atoms with Crippen LogP contribution in [0.2, 0.25) is 0 Å². The summed E-state index contributed by atoms with van der Waals surface area (Å²) in [7, 11) is 0. The molecule has 100 valence electrons. The highest BCUT2D eigenvalue weighted by molar-refractivity contribution is 5.80. The molecule has 0 spiro atoms. The molecule has 0 fully saturated rings. The van der Waals surface area contributed by atoms with Crippen LogP contribution in [-0.2, 0) is 20.7 Å². The lowest BCUT2D eigenvalue weighted by Gasteiger charge is -2.05. The zero-order valence-electron chi connectivity index (χ0n) is 10.4. The molecule has 0 aromatic heterocycles. The summed E-state index contributed by atoms with van der Waals surface area (Å²) >= 11 is 0. The Labute approximate surface area is 111 Å². The average molecular weight is 261 g/mol. The van der Waals surface area contributed by atoms with Crippen molar-refractivity contribution in [1.29, 1.82) is 5.26 Å². The predicted octanol–water partition coefficient (Wildman–Crippen LogP) is 0.384. The molecule has 1 aromatic carbocycles. The predicted molar refractivity (Wildman–Crippen MR) is 68.8 cm³/mol. The zero-order chi connectivity index (χ0) is 14.1. The van der Waals surface area contributed by atoms with E-state index in [0.717, 1.165) is 5.56 Å². The average Bonchev–Trinajstić information content (AvgIpc) is 2.40. The van der Waals surface area contributed by atoms with Crippen molar-refractivity contribution in [2.24, 2.45) is 0 Å². The highest BCUT2D eigenvalue weighted by Gasteiger charge is 2.07. The molecular weight excluding hydrogens is 246 g/mol. The molecule has 0 aliphatic rings. The number of rotatable bonds is 6. The molecule has 1 rings (SSSR count). The van der Waals surface area contributed by atoms with Crippen molar-refractivity contribution < 1.29 is 14.3 Å². The first-order valence-electron chi connectivity index (χ1n) is 5.75. The fourth-order valence-corrected chi connectivity index (χ4v) is 1.40. The number of nitriles is 1. The Kier molecular flexibility index (Phi) is 5.89. The van der Waals surface area contributed by atoms with Crippen molar-refractivity contribution in [2.75, 3.05) is 18.9 Å². The molecule has 1 aromatic rings. The number of hydrogen-bond acceptors (Lipinski definition) is 5. The van der Waals surface area contributed by atoms with Crippen molar-refractivity contribution in [3.05, 3.63) is 29.8 Å².